The Morgan fingerprint density at radius 2 is 1.85 bits per heavy atom. The van der Waals surface area contributed by atoms with Crippen molar-refractivity contribution in [3.05, 3.63) is 82.8 Å². The Kier molecular flexibility index (Phi) is 4.19. The van der Waals surface area contributed by atoms with Crippen LogP contribution in [0.2, 0.25) is 5.02 Å². The summed E-state index contributed by atoms with van der Waals surface area (Å²) in [6, 6.07) is 17.3. The number of aromatic nitrogens is 1. The van der Waals surface area contributed by atoms with E-state index in [9.17, 15) is 14.4 Å². The molecule has 1 aromatic heterocycles. The summed E-state index contributed by atoms with van der Waals surface area (Å²) in [6.07, 6.45) is 1.42. The number of carbonyl (C=O) groups excluding carboxylic acids is 1. The van der Waals surface area contributed by atoms with Gasteiger partial charge in [-0.05, 0) is 41.1 Å². The lowest BCUT2D eigenvalue weighted by atomic mass is 10.0. The average Bonchev–Trinajstić information content (AvgIpc) is 2.68. The summed E-state index contributed by atoms with van der Waals surface area (Å²) in [5.74, 6) is -1.10. The molecule has 1 heterocycles. The quantitative estimate of drug-likeness (QED) is 0.483. The number of nitriles is 1. The Labute approximate surface area is 158 Å². The predicted octanol–water partition coefficient (Wildman–Crippen LogP) is 5.30. The van der Waals surface area contributed by atoms with Crippen LogP contribution in [-0.2, 0) is 0 Å². The van der Waals surface area contributed by atoms with E-state index in [-0.39, 0.29) is 16.1 Å². The van der Waals surface area contributed by atoms with Crippen LogP contribution in [0, 0.1) is 17.1 Å². The van der Waals surface area contributed by atoms with Crippen molar-refractivity contribution >= 4 is 44.9 Å². The zero-order chi connectivity index (χ0) is 19.0. The van der Waals surface area contributed by atoms with Crippen molar-refractivity contribution in [2.45, 2.75) is 0 Å². The highest BCUT2D eigenvalue weighted by atomic mass is 35.5. The number of benzene rings is 3. The molecule has 0 aliphatic carbocycles. The third kappa shape index (κ3) is 3.07. The number of fused-ring (bicyclic) bond motifs is 2. The maximum atomic E-state index is 13.3. The van der Waals surface area contributed by atoms with Gasteiger partial charge in [0.05, 0.1) is 21.8 Å². The maximum Gasteiger partial charge on any atom is 0.255 e. The standard InChI is InChI=1S/C21H11ClFN3O/c22-17-8-14(5-6-18(17)23)21(27)26-20-15(10-24)11-25-19-9-13-4-2-1-3-12(13)7-16(19)20/h1-9,11H,(H,25,26,27). The van der Waals surface area contributed by atoms with Crippen LogP contribution in [-0.4, -0.2) is 10.9 Å². The fourth-order valence-corrected chi connectivity index (χ4v) is 3.10. The first kappa shape index (κ1) is 17.0. The fourth-order valence-electron chi connectivity index (χ4n) is 2.92. The largest absolute Gasteiger partial charge is 0.320 e. The second kappa shape index (κ2) is 6.67. The first-order valence-corrected chi connectivity index (χ1v) is 8.42. The zero-order valence-electron chi connectivity index (χ0n) is 13.8. The van der Waals surface area contributed by atoms with Crippen LogP contribution in [0.25, 0.3) is 21.7 Å². The molecule has 0 bridgehead atoms. The number of nitrogens with zero attached hydrogens (tertiary/aromatic N) is 2. The summed E-state index contributed by atoms with van der Waals surface area (Å²) >= 11 is 5.76. The molecule has 6 heteroatoms. The minimum absolute atomic E-state index is 0.145. The van der Waals surface area contributed by atoms with Crippen molar-refractivity contribution in [3.8, 4) is 6.07 Å². The van der Waals surface area contributed by atoms with Gasteiger partial charge in [-0.2, -0.15) is 5.26 Å². The molecule has 27 heavy (non-hydrogen) atoms. The van der Waals surface area contributed by atoms with Crippen LogP contribution in [0.5, 0.6) is 0 Å². The highest BCUT2D eigenvalue weighted by Crippen LogP contribution is 2.30. The number of hydrogen-bond donors (Lipinski definition) is 1. The number of carbonyl (C=O) groups is 1. The minimum Gasteiger partial charge on any atom is -0.320 e. The topological polar surface area (TPSA) is 65.8 Å². The molecular weight excluding hydrogens is 365 g/mol. The number of rotatable bonds is 2. The Hall–Kier alpha value is -3.49. The zero-order valence-corrected chi connectivity index (χ0v) is 14.6. The molecule has 0 radical (unpaired) electrons. The average molecular weight is 376 g/mol. The summed E-state index contributed by atoms with van der Waals surface area (Å²) < 4.78 is 13.3. The summed E-state index contributed by atoms with van der Waals surface area (Å²) in [7, 11) is 0. The highest BCUT2D eigenvalue weighted by molar-refractivity contribution is 6.31. The molecule has 0 saturated carbocycles. The second-order valence-corrected chi connectivity index (χ2v) is 6.37. The highest BCUT2D eigenvalue weighted by Gasteiger charge is 2.15. The van der Waals surface area contributed by atoms with Gasteiger partial charge in [0.15, 0.2) is 0 Å². The number of hydrogen-bond acceptors (Lipinski definition) is 3. The molecule has 130 valence electrons. The van der Waals surface area contributed by atoms with Crippen LogP contribution in [0.4, 0.5) is 10.1 Å². The van der Waals surface area contributed by atoms with Crippen LogP contribution in [0.15, 0.2) is 60.8 Å². The van der Waals surface area contributed by atoms with Gasteiger partial charge in [-0.3, -0.25) is 9.78 Å². The van der Waals surface area contributed by atoms with E-state index in [1.165, 1.54) is 18.3 Å². The first-order valence-electron chi connectivity index (χ1n) is 8.05. The van der Waals surface area contributed by atoms with E-state index in [4.69, 9.17) is 11.6 Å². The number of anilines is 1. The molecule has 1 N–H and O–H groups in total. The lowest BCUT2D eigenvalue weighted by Crippen LogP contribution is -2.13. The molecule has 0 saturated heterocycles. The van der Waals surface area contributed by atoms with Crippen molar-refractivity contribution in [2.24, 2.45) is 0 Å². The van der Waals surface area contributed by atoms with Crippen LogP contribution >= 0.6 is 11.6 Å². The lowest BCUT2D eigenvalue weighted by molar-refractivity contribution is 0.102. The summed E-state index contributed by atoms with van der Waals surface area (Å²) in [4.78, 5) is 17.0. The molecule has 4 nitrogen and oxygen atoms in total. The second-order valence-electron chi connectivity index (χ2n) is 5.96. The Bertz CT molecular complexity index is 1260. The van der Waals surface area contributed by atoms with Gasteiger partial charge >= 0.3 is 0 Å². The Balaban J connectivity index is 1.86. The lowest BCUT2D eigenvalue weighted by Gasteiger charge is -2.12. The molecule has 4 aromatic rings. The molecule has 1 amide bonds. The molecule has 0 aliphatic heterocycles. The fraction of sp³-hybridized carbons (Fsp3) is 0. The minimum atomic E-state index is -0.605. The molecule has 0 unspecified atom stereocenters. The molecule has 4 rings (SSSR count). The number of amides is 1. The maximum absolute atomic E-state index is 13.3. The molecule has 3 aromatic carbocycles. The SMILES string of the molecule is N#Cc1cnc2cc3ccccc3cc2c1NC(=O)c1ccc(F)c(Cl)c1. The van der Waals surface area contributed by atoms with Gasteiger partial charge in [-0.1, -0.05) is 35.9 Å². The third-order valence-corrected chi connectivity index (χ3v) is 4.57. The Morgan fingerprint density at radius 3 is 2.56 bits per heavy atom. The van der Waals surface area contributed by atoms with E-state index < -0.39 is 11.7 Å². The summed E-state index contributed by atoms with van der Waals surface area (Å²) in [5, 5.41) is 14.7. The van der Waals surface area contributed by atoms with Gasteiger partial charge in [0.1, 0.15) is 11.9 Å². The number of halogens is 2. The molecule has 0 fully saturated rings. The van der Waals surface area contributed by atoms with Crippen molar-refractivity contribution in [1.82, 2.24) is 4.98 Å². The van der Waals surface area contributed by atoms with E-state index in [0.29, 0.717) is 16.6 Å². The summed E-state index contributed by atoms with van der Waals surface area (Å²) in [5.41, 5.74) is 1.44. The van der Waals surface area contributed by atoms with Crippen LogP contribution < -0.4 is 5.32 Å². The van der Waals surface area contributed by atoms with E-state index in [1.54, 1.807) is 0 Å². The van der Waals surface area contributed by atoms with E-state index in [2.05, 4.69) is 10.3 Å². The molecule has 0 aliphatic rings. The molecular formula is C21H11ClFN3O. The van der Waals surface area contributed by atoms with Crippen molar-refractivity contribution in [2.75, 3.05) is 5.32 Å². The number of pyridine rings is 1. The normalized spacial score (nSPS) is 10.7. The van der Waals surface area contributed by atoms with Gasteiger partial charge in [-0.15, -0.1) is 0 Å². The van der Waals surface area contributed by atoms with Crippen LogP contribution in [0.3, 0.4) is 0 Å². The van der Waals surface area contributed by atoms with Crippen molar-refractivity contribution < 1.29 is 9.18 Å². The van der Waals surface area contributed by atoms with E-state index in [1.807, 2.05) is 42.5 Å². The van der Waals surface area contributed by atoms with Gasteiger partial charge < -0.3 is 5.32 Å². The van der Waals surface area contributed by atoms with Crippen molar-refractivity contribution in [3.63, 3.8) is 0 Å². The Morgan fingerprint density at radius 1 is 1.11 bits per heavy atom. The van der Waals surface area contributed by atoms with E-state index in [0.717, 1.165) is 16.8 Å². The smallest absolute Gasteiger partial charge is 0.255 e. The first-order chi connectivity index (χ1) is 13.1. The van der Waals surface area contributed by atoms with E-state index >= 15 is 0 Å². The third-order valence-electron chi connectivity index (χ3n) is 4.28. The molecule has 0 spiro atoms. The van der Waals surface area contributed by atoms with Gasteiger partial charge in [0.2, 0.25) is 0 Å². The summed E-state index contributed by atoms with van der Waals surface area (Å²) in [6.45, 7) is 0. The monoisotopic (exact) mass is 375 g/mol. The number of nitrogens with one attached hydrogen (secondary N) is 1. The predicted molar refractivity (Wildman–Crippen MR) is 103 cm³/mol. The van der Waals surface area contributed by atoms with Crippen LogP contribution in [0.1, 0.15) is 15.9 Å². The molecule has 0 atom stereocenters. The van der Waals surface area contributed by atoms with Gasteiger partial charge in [-0.25, -0.2) is 4.39 Å². The van der Waals surface area contributed by atoms with Gasteiger partial charge in [0, 0.05) is 17.1 Å². The van der Waals surface area contributed by atoms with Gasteiger partial charge in [0.25, 0.3) is 5.91 Å². The van der Waals surface area contributed by atoms with Crippen molar-refractivity contribution in [1.29, 1.82) is 5.26 Å².